The fourth-order valence-corrected chi connectivity index (χ4v) is 2.43. The first kappa shape index (κ1) is 15.4. The molecule has 0 saturated heterocycles. The van der Waals surface area contributed by atoms with Crippen molar-refractivity contribution in [1.29, 1.82) is 0 Å². The Bertz CT molecular complexity index is 514. The lowest BCUT2D eigenvalue weighted by Crippen LogP contribution is -2.36. The minimum atomic E-state index is -0.0261. The van der Waals surface area contributed by atoms with Crippen molar-refractivity contribution in [3.05, 3.63) is 29.8 Å². The van der Waals surface area contributed by atoms with Crippen LogP contribution in [-0.2, 0) is 9.59 Å². The van der Waals surface area contributed by atoms with E-state index in [-0.39, 0.29) is 23.7 Å². The van der Waals surface area contributed by atoms with Crippen LogP contribution in [0.4, 0.5) is 5.69 Å². The number of carbonyl (C=O) groups excluding carboxylic acids is 2. The minimum absolute atomic E-state index is 0.0122. The molecule has 1 heterocycles. The van der Waals surface area contributed by atoms with Crippen LogP contribution >= 0.6 is 0 Å². The van der Waals surface area contributed by atoms with E-state index in [0.29, 0.717) is 19.5 Å². The smallest absolute Gasteiger partial charge is 0.222 e. The van der Waals surface area contributed by atoms with Crippen molar-refractivity contribution in [1.82, 2.24) is 10.6 Å². The maximum Gasteiger partial charge on any atom is 0.222 e. The molecule has 1 aliphatic rings. The Labute approximate surface area is 125 Å². The molecule has 21 heavy (non-hydrogen) atoms. The molecule has 0 aromatic heterocycles. The molecule has 1 aliphatic heterocycles. The molecule has 1 unspecified atom stereocenters. The highest BCUT2D eigenvalue weighted by molar-refractivity contribution is 5.79. The number of rotatable bonds is 6. The maximum absolute atomic E-state index is 11.9. The van der Waals surface area contributed by atoms with E-state index in [9.17, 15) is 9.59 Å². The van der Waals surface area contributed by atoms with Gasteiger partial charge in [-0.05, 0) is 11.6 Å². The van der Waals surface area contributed by atoms with Gasteiger partial charge in [-0.2, -0.15) is 0 Å². The van der Waals surface area contributed by atoms with E-state index < -0.39 is 0 Å². The van der Waals surface area contributed by atoms with Crippen LogP contribution in [0.25, 0.3) is 0 Å². The average Bonchev–Trinajstić information content (AvgIpc) is 2.86. The maximum atomic E-state index is 11.9. The SMILES string of the molecule is CC(C)C(=O)NCCNC(=O)CC1CNc2ccccc21. The molecule has 1 atom stereocenters. The molecule has 5 heteroatoms. The van der Waals surface area contributed by atoms with Crippen LogP contribution in [0.3, 0.4) is 0 Å². The Hall–Kier alpha value is -2.04. The second-order valence-corrected chi connectivity index (χ2v) is 5.66. The van der Waals surface area contributed by atoms with Gasteiger partial charge >= 0.3 is 0 Å². The second-order valence-electron chi connectivity index (χ2n) is 5.66. The van der Waals surface area contributed by atoms with Crippen molar-refractivity contribution in [2.75, 3.05) is 25.0 Å². The van der Waals surface area contributed by atoms with Crippen molar-refractivity contribution in [3.8, 4) is 0 Å². The Morgan fingerprint density at radius 3 is 2.71 bits per heavy atom. The normalized spacial score (nSPS) is 16.2. The number of fused-ring (bicyclic) bond motifs is 1. The molecule has 0 spiro atoms. The Kier molecular flexibility index (Phi) is 5.20. The van der Waals surface area contributed by atoms with Crippen LogP contribution in [0.1, 0.15) is 31.7 Å². The predicted molar refractivity (Wildman–Crippen MR) is 83.1 cm³/mol. The highest BCUT2D eigenvalue weighted by Gasteiger charge is 2.23. The van der Waals surface area contributed by atoms with Crippen LogP contribution < -0.4 is 16.0 Å². The van der Waals surface area contributed by atoms with Crippen molar-refractivity contribution in [2.24, 2.45) is 5.92 Å². The largest absolute Gasteiger partial charge is 0.384 e. The fraction of sp³-hybridized carbons (Fsp3) is 0.500. The number of para-hydroxylation sites is 1. The monoisotopic (exact) mass is 289 g/mol. The molecule has 114 valence electrons. The summed E-state index contributed by atoms with van der Waals surface area (Å²) in [6.07, 6.45) is 0.474. The van der Waals surface area contributed by atoms with Gasteiger partial charge in [-0.25, -0.2) is 0 Å². The summed E-state index contributed by atoms with van der Waals surface area (Å²) in [6, 6.07) is 8.09. The molecular weight excluding hydrogens is 266 g/mol. The molecule has 2 amide bonds. The molecule has 1 aromatic rings. The van der Waals surface area contributed by atoms with Gasteiger partial charge in [0.25, 0.3) is 0 Å². The zero-order chi connectivity index (χ0) is 15.2. The number of benzene rings is 1. The van der Waals surface area contributed by atoms with E-state index in [1.807, 2.05) is 32.0 Å². The summed E-state index contributed by atoms with van der Waals surface area (Å²) in [5.41, 5.74) is 2.33. The van der Waals surface area contributed by atoms with Crippen LogP contribution in [0.2, 0.25) is 0 Å². The number of carbonyl (C=O) groups is 2. The van der Waals surface area contributed by atoms with Gasteiger partial charge in [0.05, 0.1) is 0 Å². The van der Waals surface area contributed by atoms with E-state index in [1.54, 1.807) is 0 Å². The zero-order valence-corrected chi connectivity index (χ0v) is 12.6. The molecule has 1 aromatic carbocycles. The van der Waals surface area contributed by atoms with Crippen LogP contribution in [0.5, 0.6) is 0 Å². The number of hydrogen-bond acceptors (Lipinski definition) is 3. The lowest BCUT2D eigenvalue weighted by atomic mass is 9.98. The van der Waals surface area contributed by atoms with Gasteiger partial charge in [0.1, 0.15) is 0 Å². The first-order valence-corrected chi connectivity index (χ1v) is 7.45. The van der Waals surface area contributed by atoms with Gasteiger partial charge < -0.3 is 16.0 Å². The van der Waals surface area contributed by atoms with Crippen LogP contribution in [-0.4, -0.2) is 31.4 Å². The van der Waals surface area contributed by atoms with Crippen LogP contribution in [0, 0.1) is 5.92 Å². The lowest BCUT2D eigenvalue weighted by molar-refractivity contribution is -0.124. The van der Waals surface area contributed by atoms with E-state index >= 15 is 0 Å². The van der Waals surface area contributed by atoms with E-state index in [1.165, 1.54) is 5.56 Å². The Morgan fingerprint density at radius 2 is 1.95 bits per heavy atom. The molecule has 0 aliphatic carbocycles. The van der Waals surface area contributed by atoms with Crippen molar-refractivity contribution in [2.45, 2.75) is 26.2 Å². The average molecular weight is 289 g/mol. The molecule has 3 N–H and O–H groups in total. The summed E-state index contributed by atoms with van der Waals surface area (Å²) in [5, 5.41) is 8.95. The Balaban J connectivity index is 1.70. The summed E-state index contributed by atoms with van der Waals surface area (Å²) in [5.74, 6) is 0.240. The topological polar surface area (TPSA) is 70.2 Å². The lowest BCUT2D eigenvalue weighted by Gasteiger charge is -2.11. The summed E-state index contributed by atoms with van der Waals surface area (Å²) in [7, 11) is 0. The first-order valence-electron chi connectivity index (χ1n) is 7.45. The number of amides is 2. The molecule has 0 saturated carbocycles. The van der Waals surface area contributed by atoms with E-state index in [4.69, 9.17) is 0 Å². The predicted octanol–water partition coefficient (Wildman–Crippen LogP) is 1.47. The summed E-state index contributed by atoms with van der Waals surface area (Å²) < 4.78 is 0. The number of nitrogens with one attached hydrogen (secondary N) is 3. The molecule has 0 bridgehead atoms. The zero-order valence-electron chi connectivity index (χ0n) is 12.6. The van der Waals surface area contributed by atoms with Gasteiger partial charge in [0.2, 0.25) is 11.8 Å². The van der Waals surface area contributed by atoms with Crippen molar-refractivity contribution in [3.63, 3.8) is 0 Å². The van der Waals surface area contributed by atoms with Crippen LogP contribution in [0.15, 0.2) is 24.3 Å². The number of hydrogen-bond donors (Lipinski definition) is 3. The standard InChI is InChI=1S/C16H23N3O2/c1-11(2)16(21)18-8-7-17-15(20)9-12-10-19-14-6-4-3-5-13(12)14/h3-6,11-12,19H,7-10H2,1-2H3,(H,17,20)(H,18,21). The highest BCUT2D eigenvalue weighted by Crippen LogP contribution is 2.32. The molecule has 2 rings (SSSR count). The van der Waals surface area contributed by atoms with Crippen molar-refractivity contribution >= 4 is 17.5 Å². The summed E-state index contributed by atoms with van der Waals surface area (Å²) in [4.78, 5) is 23.3. The fourth-order valence-electron chi connectivity index (χ4n) is 2.43. The van der Waals surface area contributed by atoms with Crippen molar-refractivity contribution < 1.29 is 9.59 Å². The second kappa shape index (κ2) is 7.11. The van der Waals surface area contributed by atoms with Gasteiger partial charge in [-0.1, -0.05) is 32.0 Å². The molecule has 0 radical (unpaired) electrons. The molecule has 0 fully saturated rings. The third kappa shape index (κ3) is 4.21. The van der Waals surface area contributed by atoms with Gasteiger partial charge in [0, 0.05) is 43.6 Å². The van der Waals surface area contributed by atoms with Gasteiger partial charge in [-0.3, -0.25) is 9.59 Å². The minimum Gasteiger partial charge on any atom is -0.384 e. The van der Waals surface area contributed by atoms with Gasteiger partial charge in [0.15, 0.2) is 0 Å². The molecule has 5 nitrogen and oxygen atoms in total. The van der Waals surface area contributed by atoms with Gasteiger partial charge in [-0.15, -0.1) is 0 Å². The van der Waals surface area contributed by atoms with E-state index in [0.717, 1.165) is 12.2 Å². The quantitative estimate of drug-likeness (QED) is 0.695. The Morgan fingerprint density at radius 1 is 1.24 bits per heavy atom. The third-order valence-corrected chi connectivity index (χ3v) is 3.64. The number of anilines is 1. The summed E-state index contributed by atoms with van der Waals surface area (Å²) >= 11 is 0. The summed E-state index contributed by atoms with van der Waals surface area (Å²) in [6.45, 7) is 5.44. The third-order valence-electron chi connectivity index (χ3n) is 3.64. The van der Waals surface area contributed by atoms with E-state index in [2.05, 4.69) is 22.0 Å². The first-order chi connectivity index (χ1) is 10.1. The highest BCUT2D eigenvalue weighted by atomic mass is 16.2. The molecular formula is C16H23N3O2.